The molecule has 0 saturated carbocycles. The average molecular weight is 469 g/mol. The van der Waals surface area contributed by atoms with Gasteiger partial charge in [-0.2, -0.15) is 5.10 Å². The van der Waals surface area contributed by atoms with Gasteiger partial charge in [0.2, 0.25) is 5.91 Å². The van der Waals surface area contributed by atoms with E-state index < -0.39 is 5.97 Å². The normalized spacial score (nSPS) is 10.8. The van der Waals surface area contributed by atoms with Gasteiger partial charge in [0.25, 0.3) is 0 Å². The Morgan fingerprint density at radius 2 is 1.63 bits per heavy atom. The quantitative estimate of drug-likeness (QED) is 0.174. The van der Waals surface area contributed by atoms with Gasteiger partial charge in [-0.15, -0.1) is 0 Å². The lowest BCUT2D eigenvalue weighted by Gasteiger charge is -2.10. The molecular weight excluding hydrogens is 444 g/mol. The molecule has 0 bridgehead atoms. The number of nitrogens with one attached hydrogen (secondary N) is 1. The van der Waals surface area contributed by atoms with Crippen LogP contribution in [0.1, 0.15) is 21.5 Å². The molecule has 0 fully saturated rings. The fourth-order valence-electron chi connectivity index (χ4n) is 3.57. The second-order valence-electron chi connectivity index (χ2n) is 7.64. The third-order valence-corrected chi connectivity index (χ3v) is 5.35. The van der Waals surface area contributed by atoms with Gasteiger partial charge in [0.05, 0.1) is 32.4 Å². The van der Waals surface area contributed by atoms with Crippen LogP contribution in [0.25, 0.3) is 10.8 Å². The first kappa shape index (κ1) is 23.5. The molecule has 0 atom stereocenters. The number of hydrazone groups is 1. The van der Waals surface area contributed by atoms with Crippen molar-refractivity contribution < 1.29 is 23.8 Å². The Bertz CT molecular complexity index is 1370. The van der Waals surface area contributed by atoms with Crippen LogP contribution >= 0.6 is 0 Å². The van der Waals surface area contributed by atoms with Crippen LogP contribution in [-0.2, 0) is 11.2 Å². The SMILES string of the molecule is COc1ccc(C(=O)Oc2ccc(C=NNC(=O)Cc3cccc4ccccc34)cc2OC)cc1. The van der Waals surface area contributed by atoms with Crippen molar-refractivity contribution in [2.24, 2.45) is 5.10 Å². The molecule has 0 aliphatic heterocycles. The maximum atomic E-state index is 12.5. The molecule has 176 valence electrons. The number of hydrogen-bond acceptors (Lipinski definition) is 6. The maximum Gasteiger partial charge on any atom is 0.343 e. The van der Waals surface area contributed by atoms with E-state index in [1.807, 2.05) is 42.5 Å². The van der Waals surface area contributed by atoms with Crippen LogP contribution in [0.4, 0.5) is 0 Å². The smallest absolute Gasteiger partial charge is 0.343 e. The number of ether oxygens (including phenoxy) is 3. The Kier molecular flexibility index (Phi) is 7.37. The number of carbonyl (C=O) groups is 2. The standard InChI is InChI=1S/C28H24N2O5/c1-33-23-13-11-21(12-14-23)28(32)35-25-15-10-19(16-26(25)34-2)18-29-30-27(31)17-22-8-5-7-20-6-3-4-9-24(20)22/h3-16,18H,17H2,1-2H3,(H,30,31). The number of rotatable bonds is 8. The topological polar surface area (TPSA) is 86.2 Å². The van der Waals surface area contributed by atoms with E-state index in [1.165, 1.54) is 13.3 Å². The number of methoxy groups -OCH3 is 2. The van der Waals surface area contributed by atoms with Gasteiger partial charge in [0.1, 0.15) is 5.75 Å². The summed E-state index contributed by atoms with van der Waals surface area (Å²) in [6.45, 7) is 0. The largest absolute Gasteiger partial charge is 0.497 e. The van der Waals surface area contributed by atoms with Gasteiger partial charge < -0.3 is 14.2 Å². The minimum Gasteiger partial charge on any atom is -0.497 e. The van der Waals surface area contributed by atoms with E-state index >= 15 is 0 Å². The molecule has 0 aliphatic carbocycles. The van der Waals surface area contributed by atoms with E-state index in [1.54, 1.807) is 49.6 Å². The van der Waals surface area contributed by atoms with Crippen LogP contribution in [0.15, 0.2) is 90.0 Å². The highest BCUT2D eigenvalue weighted by Gasteiger charge is 2.13. The second kappa shape index (κ2) is 11.0. The van der Waals surface area contributed by atoms with Crippen molar-refractivity contribution in [3.8, 4) is 17.2 Å². The van der Waals surface area contributed by atoms with Crippen molar-refractivity contribution in [1.82, 2.24) is 5.43 Å². The molecule has 0 aliphatic rings. The monoisotopic (exact) mass is 468 g/mol. The van der Waals surface area contributed by atoms with Gasteiger partial charge >= 0.3 is 5.97 Å². The van der Waals surface area contributed by atoms with Crippen LogP contribution in [0.3, 0.4) is 0 Å². The first-order valence-electron chi connectivity index (χ1n) is 10.9. The molecule has 7 heteroatoms. The molecular formula is C28H24N2O5. The predicted molar refractivity (Wildman–Crippen MR) is 134 cm³/mol. The first-order chi connectivity index (χ1) is 17.1. The Labute approximate surface area is 202 Å². The second-order valence-corrected chi connectivity index (χ2v) is 7.64. The highest BCUT2D eigenvalue weighted by Crippen LogP contribution is 2.28. The zero-order chi connectivity index (χ0) is 24.6. The van der Waals surface area contributed by atoms with E-state index in [9.17, 15) is 9.59 Å². The Morgan fingerprint density at radius 1 is 0.857 bits per heavy atom. The zero-order valence-electron chi connectivity index (χ0n) is 19.4. The lowest BCUT2D eigenvalue weighted by atomic mass is 10.0. The molecule has 0 saturated heterocycles. The summed E-state index contributed by atoms with van der Waals surface area (Å²) in [5, 5.41) is 6.17. The third-order valence-electron chi connectivity index (χ3n) is 5.35. The summed E-state index contributed by atoms with van der Waals surface area (Å²) in [5.41, 5.74) is 4.53. The molecule has 0 aromatic heterocycles. The Hall–Kier alpha value is -4.65. The summed E-state index contributed by atoms with van der Waals surface area (Å²) in [5.74, 6) is 0.526. The summed E-state index contributed by atoms with van der Waals surface area (Å²) < 4.78 is 15.9. The number of carbonyl (C=O) groups excluding carboxylic acids is 2. The molecule has 0 radical (unpaired) electrons. The van der Waals surface area contributed by atoms with E-state index in [4.69, 9.17) is 14.2 Å². The summed E-state index contributed by atoms with van der Waals surface area (Å²) >= 11 is 0. The van der Waals surface area contributed by atoms with Crippen LogP contribution < -0.4 is 19.6 Å². The van der Waals surface area contributed by atoms with E-state index in [0.29, 0.717) is 22.6 Å². The fourth-order valence-corrected chi connectivity index (χ4v) is 3.57. The lowest BCUT2D eigenvalue weighted by Crippen LogP contribution is -2.19. The zero-order valence-corrected chi connectivity index (χ0v) is 19.4. The summed E-state index contributed by atoms with van der Waals surface area (Å²) in [6.07, 6.45) is 1.71. The van der Waals surface area contributed by atoms with Crippen molar-refractivity contribution in [1.29, 1.82) is 0 Å². The molecule has 35 heavy (non-hydrogen) atoms. The minimum absolute atomic E-state index is 0.211. The molecule has 7 nitrogen and oxygen atoms in total. The predicted octanol–water partition coefficient (Wildman–Crippen LogP) is 4.77. The average Bonchev–Trinajstić information content (AvgIpc) is 2.89. The molecule has 4 rings (SSSR count). The molecule has 4 aromatic rings. The van der Waals surface area contributed by atoms with Crippen LogP contribution in [0.2, 0.25) is 0 Å². The number of hydrogen-bond donors (Lipinski definition) is 1. The fraction of sp³-hybridized carbons (Fsp3) is 0.107. The van der Waals surface area contributed by atoms with Crippen LogP contribution in [0.5, 0.6) is 17.2 Å². The molecule has 0 unspecified atom stereocenters. The number of benzene rings is 4. The molecule has 1 N–H and O–H groups in total. The number of amides is 1. The van der Waals surface area contributed by atoms with Crippen molar-refractivity contribution in [3.05, 3.63) is 102 Å². The first-order valence-corrected chi connectivity index (χ1v) is 10.9. The van der Waals surface area contributed by atoms with Crippen molar-refractivity contribution in [3.63, 3.8) is 0 Å². The van der Waals surface area contributed by atoms with E-state index in [-0.39, 0.29) is 18.1 Å². The van der Waals surface area contributed by atoms with Gasteiger partial charge in [0.15, 0.2) is 11.5 Å². The highest BCUT2D eigenvalue weighted by atomic mass is 16.6. The molecule has 0 spiro atoms. The van der Waals surface area contributed by atoms with Gasteiger partial charge in [0, 0.05) is 0 Å². The Morgan fingerprint density at radius 3 is 2.40 bits per heavy atom. The molecule has 0 heterocycles. The van der Waals surface area contributed by atoms with Gasteiger partial charge in [-0.05, 0) is 64.4 Å². The van der Waals surface area contributed by atoms with Gasteiger partial charge in [-0.25, -0.2) is 10.2 Å². The number of fused-ring (bicyclic) bond motifs is 1. The van der Waals surface area contributed by atoms with Crippen molar-refractivity contribution in [2.75, 3.05) is 14.2 Å². The van der Waals surface area contributed by atoms with Gasteiger partial charge in [-0.3, -0.25) is 4.79 Å². The van der Waals surface area contributed by atoms with Crippen molar-refractivity contribution in [2.45, 2.75) is 6.42 Å². The maximum absolute atomic E-state index is 12.5. The Balaban J connectivity index is 1.38. The summed E-state index contributed by atoms with van der Waals surface area (Å²) in [7, 11) is 3.03. The van der Waals surface area contributed by atoms with Gasteiger partial charge in [-0.1, -0.05) is 42.5 Å². The van der Waals surface area contributed by atoms with E-state index in [2.05, 4.69) is 10.5 Å². The third kappa shape index (κ3) is 5.83. The highest BCUT2D eigenvalue weighted by molar-refractivity contribution is 5.92. The van der Waals surface area contributed by atoms with E-state index in [0.717, 1.165) is 16.3 Å². The lowest BCUT2D eigenvalue weighted by molar-refractivity contribution is -0.120. The van der Waals surface area contributed by atoms with Crippen LogP contribution in [-0.4, -0.2) is 32.3 Å². The summed E-state index contributed by atoms with van der Waals surface area (Å²) in [6, 6.07) is 25.4. The number of nitrogens with zero attached hydrogens (tertiary/aromatic N) is 1. The molecule has 4 aromatic carbocycles. The molecule has 1 amide bonds. The van der Waals surface area contributed by atoms with Crippen molar-refractivity contribution >= 4 is 28.9 Å². The summed E-state index contributed by atoms with van der Waals surface area (Å²) in [4.78, 5) is 24.9. The number of esters is 1. The van der Waals surface area contributed by atoms with Crippen LogP contribution in [0, 0.1) is 0 Å². The minimum atomic E-state index is -0.520.